The Hall–Kier alpha value is -0.610. The molecule has 0 aliphatic carbocycles. The van der Waals surface area contributed by atoms with Gasteiger partial charge >= 0.3 is 0 Å². The van der Waals surface area contributed by atoms with Gasteiger partial charge in [0, 0.05) is 18.6 Å². The van der Waals surface area contributed by atoms with Crippen LogP contribution in [0.2, 0.25) is 0 Å². The van der Waals surface area contributed by atoms with Crippen molar-refractivity contribution in [2.45, 2.75) is 38.5 Å². The van der Waals surface area contributed by atoms with Gasteiger partial charge in [0.2, 0.25) is 0 Å². The molecule has 0 heterocycles. The maximum Gasteiger partial charge on any atom is 0.0818 e. The van der Waals surface area contributed by atoms with Crippen LogP contribution in [0.15, 0.2) is 30.3 Å². The van der Waals surface area contributed by atoms with Gasteiger partial charge in [-0.15, -0.1) is 12.4 Å². The maximum absolute atomic E-state index is 9.84. The van der Waals surface area contributed by atoms with Gasteiger partial charge in [0.1, 0.15) is 0 Å². The molecular weight excluding hydrogens is 236 g/mol. The Balaban J connectivity index is 0.00000256. The lowest BCUT2D eigenvalue weighted by molar-refractivity contribution is 0.139. The number of nitrogens with one attached hydrogen (secondary N) is 1. The average Bonchev–Trinajstić information content (AvgIpc) is 2.27. The van der Waals surface area contributed by atoms with Crippen LogP contribution in [0, 0.1) is 0 Å². The van der Waals surface area contributed by atoms with E-state index in [0.717, 1.165) is 0 Å². The van der Waals surface area contributed by atoms with Crippen molar-refractivity contribution in [1.29, 1.82) is 0 Å². The van der Waals surface area contributed by atoms with E-state index in [0.29, 0.717) is 19.0 Å². The Morgan fingerprint density at radius 1 is 1.24 bits per heavy atom. The molecule has 2 atom stereocenters. The lowest BCUT2D eigenvalue weighted by atomic mass is 10.0. The summed E-state index contributed by atoms with van der Waals surface area (Å²) in [4.78, 5) is 0. The minimum absolute atomic E-state index is 0. The summed E-state index contributed by atoms with van der Waals surface area (Å²) in [5.41, 5.74) is 7.11. The van der Waals surface area contributed by atoms with Crippen LogP contribution in [0.25, 0.3) is 0 Å². The van der Waals surface area contributed by atoms with Crippen molar-refractivity contribution in [2.75, 3.05) is 6.54 Å². The van der Waals surface area contributed by atoms with Crippen LogP contribution in [0.4, 0.5) is 0 Å². The van der Waals surface area contributed by atoms with Gasteiger partial charge in [0.05, 0.1) is 6.10 Å². The topological polar surface area (TPSA) is 58.3 Å². The third-order valence-electron chi connectivity index (χ3n) is 2.54. The molecule has 17 heavy (non-hydrogen) atoms. The Kier molecular flexibility index (Phi) is 8.17. The average molecular weight is 259 g/mol. The van der Waals surface area contributed by atoms with Gasteiger partial charge in [-0.3, -0.25) is 0 Å². The number of hydrogen-bond acceptors (Lipinski definition) is 3. The molecule has 0 fully saturated rings. The number of aliphatic hydroxyl groups excluding tert-OH is 1. The highest BCUT2D eigenvalue weighted by atomic mass is 35.5. The number of nitrogens with two attached hydrogens (primary N) is 1. The van der Waals surface area contributed by atoms with Crippen LogP contribution in [-0.4, -0.2) is 29.8 Å². The van der Waals surface area contributed by atoms with E-state index in [1.165, 1.54) is 5.56 Å². The highest BCUT2D eigenvalue weighted by Gasteiger charge is 2.14. The summed E-state index contributed by atoms with van der Waals surface area (Å²) in [5, 5.41) is 13.0. The van der Waals surface area contributed by atoms with Gasteiger partial charge < -0.3 is 16.2 Å². The number of benzene rings is 1. The van der Waals surface area contributed by atoms with E-state index in [1.807, 2.05) is 30.3 Å². The summed E-state index contributed by atoms with van der Waals surface area (Å²) in [6, 6.07) is 10.2. The lowest BCUT2D eigenvalue weighted by Gasteiger charge is -2.20. The first-order chi connectivity index (χ1) is 7.59. The largest absolute Gasteiger partial charge is 0.390 e. The minimum Gasteiger partial charge on any atom is -0.390 e. The second kappa shape index (κ2) is 8.48. The Morgan fingerprint density at radius 3 is 2.35 bits per heavy atom. The highest BCUT2D eigenvalue weighted by Crippen LogP contribution is 2.04. The van der Waals surface area contributed by atoms with Gasteiger partial charge in [-0.2, -0.15) is 0 Å². The van der Waals surface area contributed by atoms with Crippen LogP contribution < -0.4 is 11.1 Å². The predicted molar refractivity (Wildman–Crippen MR) is 74.5 cm³/mol. The second-order valence-electron chi connectivity index (χ2n) is 4.48. The molecular formula is C13H23ClN2O. The zero-order valence-corrected chi connectivity index (χ0v) is 11.3. The van der Waals surface area contributed by atoms with Gasteiger partial charge in [-0.05, 0) is 12.0 Å². The fraction of sp³-hybridized carbons (Fsp3) is 0.538. The van der Waals surface area contributed by atoms with Crippen LogP contribution in [0.1, 0.15) is 19.4 Å². The second-order valence-corrected chi connectivity index (χ2v) is 4.48. The van der Waals surface area contributed by atoms with E-state index in [1.54, 1.807) is 0 Å². The molecule has 1 rings (SSSR count). The van der Waals surface area contributed by atoms with Crippen LogP contribution in [0.5, 0.6) is 0 Å². The molecule has 0 saturated carbocycles. The molecule has 0 spiro atoms. The number of hydrogen-bond donors (Lipinski definition) is 3. The van der Waals surface area contributed by atoms with Gasteiger partial charge in [0.15, 0.2) is 0 Å². The zero-order valence-electron chi connectivity index (χ0n) is 10.5. The van der Waals surface area contributed by atoms with Crippen molar-refractivity contribution < 1.29 is 5.11 Å². The molecule has 4 heteroatoms. The molecule has 4 N–H and O–H groups in total. The van der Waals surface area contributed by atoms with Gasteiger partial charge in [-0.25, -0.2) is 0 Å². The van der Waals surface area contributed by atoms with Crippen molar-refractivity contribution in [1.82, 2.24) is 5.32 Å². The maximum atomic E-state index is 9.84. The van der Waals surface area contributed by atoms with Crippen LogP contribution >= 0.6 is 12.4 Å². The molecule has 0 aliphatic rings. The summed E-state index contributed by atoms with van der Waals surface area (Å²) >= 11 is 0. The molecule has 0 bridgehead atoms. The summed E-state index contributed by atoms with van der Waals surface area (Å²) in [7, 11) is 0. The first-order valence-corrected chi connectivity index (χ1v) is 5.80. The standard InChI is InChI=1S/C13H22N2O.ClH/c1-10(2)15-9-13(16)12(14)8-11-6-4-3-5-7-11;/h3-7,10,12-13,15-16H,8-9,14H2,1-2H3;1H/t12-,13+;/m0./s1. The first-order valence-electron chi connectivity index (χ1n) is 5.80. The van der Waals surface area contributed by atoms with E-state index < -0.39 is 6.10 Å². The predicted octanol–water partition coefficient (Wildman–Crippen LogP) is 1.34. The summed E-state index contributed by atoms with van der Waals surface area (Å²) in [6.07, 6.45) is 0.213. The van der Waals surface area contributed by atoms with Crippen LogP contribution in [-0.2, 0) is 6.42 Å². The first kappa shape index (κ1) is 16.4. The molecule has 3 nitrogen and oxygen atoms in total. The van der Waals surface area contributed by atoms with E-state index in [-0.39, 0.29) is 18.4 Å². The highest BCUT2D eigenvalue weighted by molar-refractivity contribution is 5.85. The SMILES string of the molecule is CC(C)NC[C@@H](O)[C@@H](N)Cc1ccccc1.Cl. The van der Waals surface area contributed by atoms with Gasteiger partial charge in [-0.1, -0.05) is 44.2 Å². The van der Waals surface area contributed by atoms with Crippen molar-refractivity contribution in [3.8, 4) is 0 Å². The Labute approximate surface area is 110 Å². The van der Waals surface area contributed by atoms with E-state index in [2.05, 4.69) is 19.2 Å². The van der Waals surface area contributed by atoms with Crippen LogP contribution in [0.3, 0.4) is 0 Å². The molecule has 0 aliphatic heterocycles. The third kappa shape index (κ3) is 6.64. The molecule has 1 aromatic rings. The minimum atomic E-state index is -0.498. The fourth-order valence-corrected chi connectivity index (χ4v) is 1.53. The molecule has 0 saturated heterocycles. The molecule has 0 radical (unpaired) electrons. The Bertz CT molecular complexity index is 293. The van der Waals surface area contributed by atoms with E-state index in [4.69, 9.17) is 5.73 Å². The molecule has 1 aromatic carbocycles. The van der Waals surface area contributed by atoms with Crippen molar-refractivity contribution in [3.05, 3.63) is 35.9 Å². The smallest absolute Gasteiger partial charge is 0.0818 e. The molecule has 0 aromatic heterocycles. The summed E-state index contributed by atoms with van der Waals surface area (Å²) in [5.74, 6) is 0. The van der Waals surface area contributed by atoms with Crippen molar-refractivity contribution in [3.63, 3.8) is 0 Å². The summed E-state index contributed by atoms with van der Waals surface area (Å²) in [6.45, 7) is 4.65. The molecule has 98 valence electrons. The van der Waals surface area contributed by atoms with E-state index in [9.17, 15) is 5.11 Å². The number of halogens is 1. The summed E-state index contributed by atoms with van der Waals surface area (Å²) < 4.78 is 0. The zero-order chi connectivity index (χ0) is 12.0. The third-order valence-corrected chi connectivity index (χ3v) is 2.54. The Morgan fingerprint density at radius 2 is 1.82 bits per heavy atom. The quantitative estimate of drug-likeness (QED) is 0.722. The number of rotatable bonds is 6. The van der Waals surface area contributed by atoms with Crippen molar-refractivity contribution in [2.24, 2.45) is 5.73 Å². The lowest BCUT2D eigenvalue weighted by Crippen LogP contribution is -2.44. The van der Waals surface area contributed by atoms with Crippen molar-refractivity contribution >= 4 is 12.4 Å². The molecule has 0 amide bonds. The number of aliphatic hydroxyl groups is 1. The van der Waals surface area contributed by atoms with E-state index >= 15 is 0 Å². The fourth-order valence-electron chi connectivity index (χ4n) is 1.53. The molecule has 0 unspecified atom stereocenters. The monoisotopic (exact) mass is 258 g/mol. The van der Waals surface area contributed by atoms with Gasteiger partial charge in [0.25, 0.3) is 0 Å². The normalized spacial score (nSPS) is 14.2.